The fourth-order valence-electron chi connectivity index (χ4n) is 2.11. The van der Waals surface area contributed by atoms with Gasteiger partial charge in [0.2, 0.25) is 0 Å². The molecule has 2 rings (SSSR count). The molecule has 0 saturated heterocycles. The first-order valence-corrected chi connectivity index (χ1v) is 8.60. The summed E-state index contributed by atoms with van der Waals surface area (Å²) >= 11 is 6.17. The van der Waals surface area contributed by atoms with E-state index in [9.17, 15) is 4.79 Å². The van der Waals surface area contributed by atoms with Crippen molar-refractivity contribution in [2.45, 2.75) is 0 Å². The molecule has 6 nitrogen and oxygen atoms in total. The van der Waals surface area contributed by atoms with Crippen LogP contribution in [0.25, 0.3) is 0 Å². The number of methoxy groups -OCH3 is 1. The van der Waals surface area contributed by atoms with Gasteiger partial charge in [0.15, 0.2) is 5.75 Å². The number of carbonyl (C=O) groups is 1. The number of halogens is 1. The van der Waals surface area contributed by atoms with Gasteiger partial charge in [-0.15, -0.1) is 0 Å². The van der Waals surface area contributed by atoms with Crippen molar-refractivity contribution in [2.75, 3.05) is 45.8 Å². The second-order valence-electron chi connectivity index (χ2n) is 5.47. The highest BCUT2D eigenvalue weighted by Gasteiger charge is 2.14. The monoisotopic (exact) mass is 378 g/mol. The Bertz CT molecular complexity index is 697. The number of nitrogens with zero attached hydrogens (tertiary/aromatic N) is 1. The Kier molecular flexibility index (Phi) is 8.05. The lowest BCUT2D eigenvalue weighted by atomic mass is 10.3. The molecule has 0 spiro atoms. The molecule has 2 aromatic carbocycles. The number of amides is 2. The first-order chi connectivity index (χ1) is 12.6. The van der Waals surface area contributed by atoms with Gasteiger partial charge in [-0.05, 0) is 24.3 Å². The lowest BCUT2D eigenvalue weighted by molar-refractivity contribution is 0.146. The Morgan fingerprint density at radius 3 is 2.54 bits per heavy atom. The average molecular weight is 379 g/mol. The van der Waals surface area contributed by atoms with Gasteiger partial charge < -0.3 is 24.4 Å². The molecule has 2 amide bonds. The van der Waals surface area contributed by atoms with Crippen LogP contribution in [0.3, 0.4) is 0 Å². The number of hydrogen-bond acceptors (Lipinski definition) is 4. The van der Waals surface area contributed by atoms with Gasteiger partial charge >= 0.3 is 6.03 Å². The van der Waals surface area contributed by atoms with E-state index in [0.29, 0.717) is 42.8 Å². The number of likely N-dealkylation sites (N-methyl/N-ethyl adjacent to an activating group) is 1. The van der Waals surface area contributed by atoms with Gasteiger partial charge in [-0.1, -0.05) is 35.9 Å². The minimum Gasteiger partial charge on any atom is -0.492 e. The Hall–Kier alpha value is -2.44. The molecule has 2 aromatic rings. The van der Waals surface area contributed by atoms with E-state index in [4.69, 9.17) is 25.8 Å². The van der Waals surface area contributed by atoms with Gasteiger partial charge in [0.25, 0.3) is 0 Å². The van der Waals surface area contributed by atoms with Crippen LogP contribution in [0.15, 0.2) is 48.5 Å². The molecule has 0 heterocycles. The summed E-state index contributed by atoms with van der Waals surface area (Å²) in [6.07, 6.45) is 0. The summed E-state index contributed by atoms with van der Waals surface area (Å²) in [5.74, 6) is 1.19. The Morgan fingerprint density at radius 2 is 1.81 bits per heavy atom. The van der Waals surface area contributed by atoms with Crippen molar-refractivity contribution in [3.05, 3.63) is 53.6 Å². The molecule has 0 aliphatic heterocycles. The van der Waals surface area contributed by atoms with Gasteiger partial charge in [0, 0.05) is 14.2 Å². The topological polar surface area (TPSA) is 60.0 Å². The summed E-state index contributed by atoms with van der Waals surface area (Å²) in [7, 11) is 3.28. The van der Waals surface area contributed by atoms with Crippen LogP contribution in [0.5, 0.6) is 11.5 Å². The number of ether oxygens (including phenoxy) is 3. The zero-order chi connectivity index (χ0) is 18.8. The van der Waals surface area contributed by atoms with E-state index < -0.39 is 0 Å². The standard InChI is InChI=1S/C19H23ClN2O4/c1-22(11-12-25-15-7-4-3-5-8-15)19(23)21-17-10-6-9-16(20)18(17)26-14-13-24-2/h3-10H,11-14H2,1-2H3,(H,21,23). The minimum absolute atomic E-state index is 0.277. The maximum absolute atomic E-state index is 12.4. The number of rotatable bonds is 9. The number of carbonyl (C=O) groups excluding carboxylic acids is 1. The van der Waals surface area contributed by atoms with Crippen LogP contribution in [0.4, 0.5) is 10.5 Å². The lowest BCUT2D eigenvalue weighted by Crippen LogP contribution is -2.34. The van der Waals surface area contributed by atoms with Crippen LogP contribution >= 0.6 is 11.6 Å². The number of para-hydroxylation sites is 2. The second-order valence-corrected chi connectivity index (χ2v) is 5.88. The average Bonchev–Trinajstić information content (AvgIpc) is 2.64. The first-order valence-electron chi connectivity index (χ1n) is 8.22. The van der Waals surface area contributed by atoms with Crippen LogP contribution in [-0.2, 0) is 4.74 Å². The van der Waals surface area contributed by atoms with Crippen molar-refractivity contribution >= 4 is 23.3 Å². The highest BCUT2D eigenvalue weighted by atomic mass is 35.5. The molecule has 0 atom stereocenters. The molecule has 140 valence electrons. The SMILES string of the molecule is COCCOc1c(Cl)cccc1NC(=O)N(C)CCOc1ccccc1. The van der Waals surface area contributed by atoms with Crippen molar-refractivity contribution < 1.29 is 19.0 Å². The van der Waals surface area contributed by atoms with Crippen LogP contribution in [0, 0.1) is 0 Å². The van der Waals surface area contributed by atoms with Crippen molar-refractivity contribution in [3.63, 3.8) is 0 Å². The maximum Gasteiger partial charge on any atom is 0.321 e. The van der Waals surface area contributed by atoms with Gasteiger partial charge in [0.05, 0.1) is 23.9 Å². The third-order valence-electron chi connectivity index (χ3n) is 3.53. The summed E-state index contributed by atoms with van der Waals surface area (Å²) in [5, 5.41) is 3.23. The van der Waals surface area contributed by atoms with Crippen molar-refractivity contribution in [1.29, 1.82) is 0 Å². The molecular formula is C19H23ClN2O4. The molecule has 7 heteroatoms. The fraction of sp³-hybridized carbons (Fsp3) is 0.316. The molecule has 0 radical (unpaired) electrons. The van der Waals surface area contributed by atoms with Gasteiger partial charge in [-0.2, -0.15) is 0 Å². The van der Waals surface area contributed by atoms with E-state index in [1.165, 1.54) is 4.90 Å². The summed E-state index contributed by atoms with van der Waals surface area (Å²) in [4.78, 5) is 13.9. The van der Waals surface area contributed by atoms with E-state index in [0.717, 1.165) is 5.75 Å². The van der Waals surface area contributed by atoms with E-state index in [1.54, 1.807) is 32.4 Å². The number of anilines is 1. The predicted octanol–water partition coefficient (Wildman–Crippen LogP) is 3.91. The molecule has 0 aliphatic carbocycles. The number of benzene rings is 2. The van der Waals surface area contributed by atoms with Gasteiger partial charge in [-0.3, -0.25) is 0 Å². The zero-order valence-corrected chi connectivity index (χ0v) is 15.7. The van der Waals surface area contributed by atoms with E-state index in [1.807, 2.05) is 30.3 Å². The summed E-state index contributed by atoms with van der Waals surface area (Å²) in [6.45, 7) is 1.58. The Morgan fingerprint density at radius 1 is 1.04 bits per heavy atom. The van der Waals surface area contributed by atoms with Gasteiger partial charge in [-0.25, -0.2) is 4.79 Å². The molecule has 26 heavy (non-hydrogen) atoms. The number of hydrogen-bond donors (Lipinski definition) is 1. The molecule has 0 unspecified atom stereocenters. The Labute approximate surface area is 158 Å². The van der Waals surface area contributed by atoms with Crippen LogP contribution < -0.4 is 14.8 Å². The Balaban J connectivity index is 1.88. The third-order valence-corrected chi connectivity index (χ3v) is 3.83. The predicted molar refractivity (Wildman–Crippen MR) is 102 cm³/mol. The van der Waals surface area contributed by atoms with Crippen molar-refractivity contribution in [1.82, 2.24) is 4.90 Å². The molecule has 0 saturated carbocycles. The summed E-state index contributed by atoms with van der Waals surface area (Å²) in [5.41, 5.74) is 0.509. The molecule has 0 aliphatic rings. The molecule has 0 aromatic heterocycles. The fourth-order valence-corrected chi connectivity index (χ4v) is 2.34. The van der Waals surface area contributed by atoms with E-state index in [-0.39, 0.29) is 6.03 Å². The van der Waals surface area contributed by atoms with Crippen LogP contribution in [0.2, 0.25) is 5.02 Å². The summed E-state index contributed by atoms with van der Waals surface area (Å²) in [6, 6.07) is 14.4. The number of nitrogens with one attached hydrogen (secondary N) is 1. The van der Waals surface area contributed by atoms with Crippen LogP contribution in [-0.4, -0.2) is 51.5 Å². The zero-order valence-electron chi connectivity index (χ0n) is 14.9. The van der Waals surface area contributed by atoms with Crippen molar-refractivity contribution in [2.24, 2.45) is 0 Å². The lowest BCUT2D eigenvalue weighted by Gasteiger charge is -2.20. The van der Waals surface area contributed by atoms with Crippen LogP contribution in [0.1, 0.15) is 0 Å². The highest BCUT2D eigenvalue weighted by Crippen LogP contribution is 2.33. The second kappa shape index (κ2) is 10.5. The molecule has 1 N–H and O–H groups in total. The molecular weight excluding hydrogens is 356 g/mol. The maximum atomic E-state index is 12.4. The number of urea groups is 1. The highest BCUT2D eigenvalue weighted by molar-refractivity contribution is 6.32. The third kappa shape index (κ3) is 6.13. The molecule has 0 fully saturated rings. The van der Waals surface area contributed by atoms with E-state index >= 15 is 0 Å². The van der Waals surface area contributed by atoms with E-state index in [2.05, 4.69) is 5.32 Å². The largest absolute Gasteiger partial charge is 0.492 e. The first kappa shape index (κ1) is 19.9. The summed E-state index contributed by atoms with van der Waals surface area (Å²) < 4.78 is 16.2. The van der Waals surface area contributed by atoms with Crippen molar-refractivity contribution in [3.8, 4) is 11.5 Å². The minimum atomic E-state index is -0.277. The quantitative estimate of drug-likeness (QED) is 0.672. The normalized spacial score (nSPS) is 10.3. The molecule has 0 bridgehead atoms. The van der Waals surface area contributed by atoms with Gasteiger partial charge in [0.1, 0.15) is 19.0 Å². The smallest absolute Gasteiger partial charge is 0.321 e.